The van der Waals surface area contributed by atoms with Gasteiger partial charge in [0, 0.05) is 24.9 Å². The summed E-state index contributed by atoms with van der Waals surface area (Å²) in [6.07, 6.45) is 2.91. The number of hydrogen-bond donors (Lipinski definition) is 2. The predicted octanol–water partition coefficient (Wildman–Crippen LogP) is 0.897. The molecule has 0 aliphatic heterocycles. The third-order valence-electron chi connectivity index (χ3n) is 2.78. The van der Waals surface area contributed by atoms with Gasteiger partial charge in [-0.05, 0) is 19.3 Å². The van der Waals surface area contributed by atoms with Crippen molar-refractivity contribution in [2.24, 2.45) is 7.05 Å². The van der Waals surface area contributed by atoms with Crippen LogP contribution in [0.5, 0.6) is 0 Å². The molecule has 0 atom stereocenters. The zero-order chi connectivity index (χ0) is 11.0. The first kappa shape index (κ1) is 10.0. The highest BCUT2D eigenvalue weighted by Gasteiger charge is 2.30. The number of carbonyl (C=O) groups is 1. The van der Waals surface area contributed by atoms with Crippen molar-refractivity contribution in [2.75, 3.05) is 5.73 Å². The number of rotatable bonds is 4. The van der Waals surface area contributed by atoms with E-state index in [0.29, 0.717) is 18.2 Å². The Morgan fingerprint density at radius 1 is 1.67 bits per heavy atom. The van der Waals surface area contributed by atoms with Crippen molar-refractivity contribution in [3.63, 3.8) is 0 Å². The van der Waals surface area contributed by atoms with Crippen LogP contribution in [0.3, 0.4) is 0 Å². The number of carboxylic acids is 1. The van der Waals surface area contributed by atoms with E-state index >= 15 is 0 Å². The van der Waals surface area contributed by atoms with Crippen molar-refractivity contribution in [1.29, 1.82) is 0 Å². The second kappa shape index (κ2) is 3.56. The molecule has 0 unspecified atom stereocenters. The minimum atomic E-state index is -0.792. The third-order valence-corrected chi connectivity index (χ3v) is 2.78. The maximum atomic E-state index is 10.5. The van der Waals surface area contributed by atoms with Crippen LogP contribution in [0.15, 0.2) is 0 Å². The number of nitrogens with two attached hydrogens (primary N) is 1. The van der Waals surface area contributed by atoms with E-state index in [-0.39, 0.29) is 6.42 Å². The first-order chi connectivity index (χ1) is 7.09. The molecule has 1 saturated carbocycles. The largest absolute Gasteiger partial charge is 0.481 e. The summed E-state index contributed by atoms with van der Waals surface area (Å²) in [7, 11) is 1.80. The number of aromatic nitrogens is 2. The highest BCUT2D eigenvalue weighted by molar-refractivity contribution is 5.67. The zero-order valence-corrected chi connectivity index (χ0v) is 8.73. The Balaban J connectivity index is 2.22. The first-order valence-corrected chi connectivity index (χ1v) is 5.12. The van der Waals surface area contributed by atoms with Crippen LogP contribution in [0, 0.1) is 0 Å². The van der Waals surface area contributed by atoms with Crippen LogP contribution >= 0.6 is 0 Å². The van der Waals surface area contributed by atoms with Crippen LogP contribution in [0.4, 0.5) is 5.82 Å². The summed E-state index contributed by atoms with van der Waals surface area (Å²) < 4.78 is 1.64. The molecule has 5 nitrogen and oxygen atoms in total. The number of nitrogen functional groups attached to an aromatic ring is 1. The van der Waals surface area contributed by atoms with Crippen LogP contribution in [0.1, 0.15) is 36.4 Å². The molecule has 3 N–H and O–H groups in total. The topological polar surface area (TPSA) is 81.1 Å². The fourth-order valence-corrected chi connectivity index (χ4v) is 1.78. The monoisotopic (exact) mass is 209 g/mol. The summed E-state index contributed by atoms with van der Waals surface area (Å²) in [6, 6.07) is 0. The molecule has 1 heterocycles. The Hall–Kier alpha value is -1.52. The van der Waals surface area contributed by atoms with Crippen molar-refractivity contribution in [1.82, 2.24) is 9.78 Å². The second-order valence-corrected chi connectivity index (χ2v) is 4.04. The average molecular weight is 209 g/mol. The number of aryl methyl sites for hydroxylation is 1. The molecule has 0 spiro atoms. The van der Waals surface area contributed by atoms with Gasteiger partial charge >= 0.3 is 5.97 Å². The van der Waals surface area contributed by atoms with Gasteiger partial charge in [-0.15, -0.1) is 0 Å². The molecule has 0 radical (unpaired) electrons. The molecule has 1 aromatic heterocycles. The van der Waals surface area contributed by atoms with Gasteiger partial charge in [0.1, 0.15) is 5.82 Å². The molecule has 0 bridgehead atoms. The molecule has 5 heteroatoms. The van der Waals surface area contributed by atoms with Gasteiger partial charge in [-0.3, -0.25) is 9.48 Å². The van der Waals surface area contributed by atoms with Crippen LogP contribution in [0.25, 0.3) is 0 Å². The number of aliphatic carboxylic acids is 1. The lowest BCUT2D eigenvalue weighted by molar-refractivity contribution is -0.136. The molecule has 1 aromatic rings. The van der Waals surface area contributed by atoms with Gasteiger partial charge in [0.05, 0.1) is 5.69 Å². The number of anilines is 1. The fraction of sp³-hybridized carbons (Fsp3) is 0.600. The standard InChI is InChI=1S/C10H15N3O2/c1-13-10(11)7(4-5-8(14)15)9(12-13)6-2-3-6/h6H,2-5,11H2,1H3,(H,14,15). The average Bonchev–Trinajstić information content (AvgIpc) is 2.94. The molecule has 2 rings (SSSR count). The minimum Gasteiger partial charge on any atom is -0.481 e. The Labute approximate surface area is 87.9 Å². The van der Waals surface area contributed by atoms with Crippen molar-refractivity contribution < 1.29 is 9.90 Å². The molecule has 0 aromatic carbocycles. The van der Waals surface area contributed by atoms with E-state index in [2.05, 4.69) is 5.10 Å². The summed E-state index contributed by atoms with van der Waals surface area (Å²) >= 11 is 0. The molecule has 15 heavy (non-hydrogen) atoms. The molecule has 1 aliphatic carbocycles. The highest BCUT2D eigenvalue weighted by Crippen LogP contribution is 2.42. The summed E-state index contributed by atoms with van der Waals surface area (Å²) in [5, 5.41) is 13.0. The van der Waals surface area contributed by atoms with Gasteiger partial charge in [-0.2, -0.15) is 5.10 Å². The van der Waals surface area contributed by atoms with E-state index in [0.717, 1.165) is 24.1 Å². The van der Waals surface area contributed by atoms with Crippen LogP contribution in [-0.4, -0.2) is 20.9 Å². The summed E-state index contributed by atoms with van der Waals surface area (Å²) in [6.45, 7) is 0. The molecule has 1 aliphatic rings. The Kier molecular flexibility index (Phi) is 2.38. The van der Waals surface area contributed by atoms with Gasteiger partial charge in [0.15, 0.2) is 0 Å². The fourth-order valence-electron chi connectivity index (χ4n) is 1.78. The van der Waals surface area contributed by atoms with Crippen LogP contribution in [0.2, 0.25) is 0 Å². The van der Waals surface area contributed by atoms with Crippen LogP contribution in [-0.2, 0) is 18.3 Å². The van der Waals surface area contributed by atoms with E-state index in [1.165, 1.54) is 0 Å². The SMILES string of the molecule is Cn1nc(C2CC2)c(CCC(=O)O)c1N. The normalized spacial score (nSPS) is 15.5. The number of nitrogens with zero attached hydrogens (tertiary/aromatic N) is 2. The first-order valence-electron chi connectivity index (χ1n) is 5.12. The summed E-state index contributed by atoms with van der Waals surface area (Å²) in [5.41, 5.74) is 7.81. The molecular formula is C10H15N3O2. The van der Waals surface area contributed by atoms with E-state index in [1.54, 1.807) is 11.7 Å². The maximum Gasteiger partial charge on any atom is 0.303 e. The predicted molar refractivity (Wildman–Crippen MR) is 55.6 cm³/mol. The Bertz CT molecular complexity index is 394. The maximum absolute atomic E-state index is 10.5. The number of hydrogen-bond acceptors (Lipinski definition) is 3. The molecule has 82 valence electrons. The lowest BCUT2D eigenvalue weighted by Gasteiger charge is -2.00. The second-order valence-electron chi connectivity index (χ2n) is 4.04. The Morgan fingerprint density at radius 3 is 2.87 bits per heavy atom. The van der Waals surface area contributed by atoms with Crippen LogP contribution < -0.4 is 5.73 Å². The Morgan fingerprint density at radius 2 is 2.33 bits per heavy atom. The molecule has 0 amide bonds. The van der Waals surface area contributed by atoms with Gasteiger partial charge < -0.3 is 10.8 Å². The van der Waals surface area contributed by atoms with Gasteiger partial charge in [-0.1, -0.05) is 0 Å². The molecule has 1 fully saturated rings. The lowest BCUT2D eigenvalue weighted by Crippen LogP contribution is -2.02. The van der Waals surface area contributed by atoms with Gasteiger partial charge in [0.25, 0.3) is 0 Å². The zero-order valence-electron chi connectivity index (χ0n) is 8.73. The highest BCUT2D eigenvalue weighted by atomic mass is 16.4. The minimum absolute atomic E-state index is 0.121. The van der Waals surface area contributed by atoms with Gasteiger partial charge in [0.2, 0.25) is 0 Å². The smallest absolute Gasteiger partial charge is 0.303 e. The van der Waals surface area contributed by atoms with Gasteiger partial charge in [-0.25, -0.2) is 0 Å². The third kappa shape index (κ3) is 1.95. The molecular weight excluding hydrogens is 194 g/mol. The van der Waals surface area contributed by atoms with Crippen molar-refractivity contribution >= 4 is 11.8 Å². The van der Waals surface area contributed by atoms with Crippen molar-refractivity contribution in [3.05, 3.63) is 11.3 Å². The van der Waals surface area contributed by atoms with Crippen molar-refractivity contribution in [3.8, 4) is 0 Å². The van der Waals surface area contributed by atoms with Crippen molar-refractivity contribution in [2.45, 2.75) is 31.6 Å². The molecule has 0 saturated heterocycles. The number of carboxylic acid groups (broad SMARTS) is 1. The lowest BCUT2D eigenvalue weighted by atomic mass is 10.1. The van der Waals surface area contributed by atoms with E-state index in [1.807, 2.05) is 0 Å². The summed E-state index contributed by atoms with van der Waals surface area (Å²) in [4.78, 5) is 10.5. The summed E-state index contributed by atoms with van der Waals surface area (Å²) in [5.74, 6) is 0.329. The van der Waals surface area contributed by atoms with E-state index in [4.69, 9.17) is 10.8 Å². The quantitative estimate of drug-likeness (QED) is 0.771. The van der Waals surface area contributed by atoms with E-state index < -0.39 is 5.97 Å². The van der Waals surface area contributed by atoms with E-state index in [9.17, 15) is 4.79 Å².